The molecule has 0 saturated carbocycles. The van der Waals surface area contributed by atoms with Gasteiger partial charge in [-0.1, -0.05) is 43.7 Å². The molecule has 0 heterocycles. The molecular formula is C18H27NO3S. The normalized spacial score (nSPS) is 10.5. The van der Waals surface area contributed by atoms with Crippen LogP contribution < -0.4 is 0 Å². The Bertz CT molecular complexity index is 465. The van der Waals surface area contributed by atoms with Crippen LogP contribution in [0.15, 0.2) is 30.3 Å². The van der Waals surface area contributed by atoms with E-state index in [-0.39, 0.29) is 12.3 Å². The van der Waals surface area contributed by atoms with Crippen molar-refractivity contribution in [2.24, 2.45) is 0 Å². The molecule has 0 aliphatic carbocycles. The zero-order chi connectivity index (χ0) is 16.9. The fraction of sp³-hybridized carbons (Fsp3) is 0.556. The average Bonchev–Trinajstić information content (AvgIpc) is 2.56. The van der Waals surface area contributed by atoms with Crippen LogP contribution in [0.25, 0.3) is 0 Å². The lowest BCUT2D eigenvalue weighted by Gasteiger charge is -2.22. The van der Waals surface area contributed by atoms with Crippen LogP contribution in [0.3, 0.4) is 0 Å². The maximum Gasteiger partial charge on any atom is 0.303 e. The second kappa shape index (κ2) is 12.0. The van der Waals surface area contributed by atoms with Gasteiger partial charge in [-0.3, -0.25) is 9.59 Å². The summed E-state index contributed by atoms with van der Waals surface area (Å²) in [6.45, 7) is 3.39. The molecule has 1 aromatic rings. The van der Waals surface area contributed by atoms with E-state index in [0.717, 1.165) is 37.4 Å². The van der Waals surface area contributed by atoms with Crippen molar-refractivity contribution in [3.63, 3.8) is 0 Å². The van der Waals surface area contributed by atoms with Gasteiger partial charge in [0.15, 0.2) is 0 Å². The van der Waals surface area contributed by atoms with E-state index in [0.29, 0.717) is 12.8 Å². The van der Waals surface area contributed by atoms with Crippen LogP contribution in [-0.2, 0) is 15.3 Å². The molecule has 0 atom stereocenters. The highest BCUT2D eigenvalue weighted by Gasteiger charge is 2.10. The number of carbonyl (C=O) groups is 2. The molecule has 128 valence electrons. The highest BCUT2D eigenvalue weighted by molar-refractivity contribution is 7.98. The molecule has 0 fully saturated rings. The van der Waals surface area contributed by atoms with Gasteiger partial charge in [0.25, 0.3) is 0 Å². The molecule has 0 bridgehead atoms. The number of rotatable bonds is 12. The molecule has 0 aromatic heterocycles. The zero-order valence-corrected chi connectivity index (χ0v) is 14.7. The largest absolute Gasteiger partial charge is 0.481 e. The number of hydrogen-bond donors (Lipinski definition) is 1. The summed E-state index contributed by atoms with van der Waals surface area (Å²) in [5.74, 6) is 1.33. The highest BCUT2D eigenvalue weighted by atomic mass is 32.2. The quantitative estimate of drug-likeness (QED) is 0.589. The molecule has 5 heteroatoms. The first kappa shape index (κ1) is 19.6. The topological polar surface area (TPSA) is 57.6 Å². The first-order valence-corrected chi connectivity index (χ1v) is 9.40. The van der Waals surface area contributed by atoms with Crippen molar-refractivity contribution in [2.75, 3.05) is 18.8 Å². The summed E-state index contributed by atoms with van der Waals surface area (Å²) in [6.07, 6.45) is 3.17. The van der Waals surface area contributed by atoms with E-state index in [9.17, 15) is 9.59 Å². The van der Waals surface area contributed by atoms with Gasteiger partial charge in [-0.05, 0) is 18.4 Å². The van der Waals surface area contributed by atoms with Gasteiger partial charge in [0.05, 0.1) is 0 Å². The fourth-order valence-corrected chi connectivity index (χ4v) is 3.20. The second-order valence-electron chi connectivity index (χ2n) is 5.48. The Morgan fingerprint density at radius 2 is 1.83 bits per heavy atom. The Kier molecular flexibility index (Phi) is 10.2. The number of carbonyl (C=O) groups excluding carboxylic acids is 1. The molecule has 4 nitrogen and oxygen atoms in total. The van der Waals surface area contributed by atoms with Crippen LogP contribution in [0.4, 0.5) is 0 Å². The minimum Gasteiger partial charge on any atom is -0.481 e. The lowest BCUT2D eigenvalue weighted by atomic mass is 10.2. The Morgan fingerprint density at radius 1 is 1.09 bits per heavy atom. The van der Waals surface area contributed by atoms with Gasteiger partial charge in [0, 0.05) is 37.4 Å². The summed E-state index contributed by atoms with van der Waals surface area (Å²) in [5.41, 5.74) is 1.31. The van der Waals surface area contributed by atoms with Crippen LogP contribution in [0.5, 0.6) is 0 Å². The van der Waals surface area contributed by atoms with Crippen molar-refractivity contribution in [3.05, 3.63) is 35.9 Å². The molecule has 1 aromatic carbocycles. The lowest BCUT2D eigenvalue weighted by molar-refractivity contribution is -0.137. The Balaban J connectivity index is 2.22. The average molecular weight is 337 g/mol. The number of hydrogen-bond acceptors (Lipinski definition) is 3. The van der Waals surface area contributed by atoms with E-state index in [1.165, 1.54) is 5.56 Å². The van der Waals surface area contributed by atoms with Crippen LogP contribution in [0, 0.1) is 0 Å². The van der Waals surface area contributed by atoms with E-state index in [1.807, 2.05) is 41.8 Å². The standard InChI is InChI=1S/C18H27NO3S/c1-2-17(20)19(12-8-4-7-11-18(21)22)13-14-23-15-16-9-5-3-6-10-16/h3,5-6,9-10H,2,4,7-8,11-15H2,1H3,(H,21,22). The first-order valence-electron chi connectivity index (χ1n) is 8.24. The number of amides is 1. The molecule has 1 rings (SSSR count). The van der Waals surface area contributed by atoms with Gasteiger partial charge in [-0.15, -0.1) is 0 Å². The van der Waals surface area contributed by atoms with Gasteiger partial charge in [0.1, 0.15) is 0 Å². The maximum absolute atomic E-state index is 12.0. The molecule has 0 radical (unpaired) electrons. The van der Waals surface area contributed by atoms with Crippen LogP contribution in [0.1, 0.15) is 44.6 Å². The van der Waals surface area contributed by atoms with E-state index in [2.05, 4.69) is 12.1 Å². The summed E-state index contributed by atoms with van der Waals surface area (Å²) in [4.78, 5) is 24.4. The maximum atomic E-state index is 12.0. The van der Waals surface area contributed by atoms with Gasteiger partial charge in [-0.25, -0.2) is 0 Å². The predicted octanol–water partition coefficient (Wildman–Crippen LogP) is 3.80. The SMILES string of the molecule is CCC(=O)N(CCCCCC(=O)O)CCSCc1ccccc1. The zero-order valence-electron chi connectivity index (χ0n) is 13.9. The van der Waals surface area contributed by atoms with Crippen molar-refractivity contribution in [2.45, 2.75) is 44.8 Å². The smallest absolute Gasteiger partial charge is 0.303 e. The Labute approximate surface area is 143 Å². The number of carboxylic acid groups (broad SMARTS) is 1. The number of carboxylic acids is 1. The van der Waals surface area contributed by atoms with Gasteiger partial charge < -0.3 is 10.0 Å². The summed E-state index contributed by atoms with van der Waals surface area (Å²) in [7, 11) is 0. The minimum atomic E-state index is -0.746. The minimum absolute atomic E-state index is 0.184. The number of thioether (sulfide) groups is 1. The van der Waals surface area contributed by atoms with Crippen molar-refractivity contribution in [3.8, 4) is 0 Å². The molecule has 1 amide bonds. The third kappa shape index (κ3) is 9.29. The highest BCUT2D eigenvalue weighted by Crippen LogP contribution is 2.12. The van der Waals surface area contributed by atoms with Gasteiger partial charge in [0.2, 0.25) is 5.91 Å². The molecule has 0 aliphatic heterocycles. The Hall–Kier alpha value is -1.49. The van der Waals surface area contributed by atoms with E-state index in [4.69, 9.17) is 5.11 Å². The van der Waals surface area contributed by atoms with Crippen molar-refractivity contribution in [1.82, 2.24) is 4.90 Å². The third-order valence-corrected chi connectivity index (χ3v) is 4.60. The van der Waals surface area contributed by atoms with Gasteiger partial charge in [-0.2, -0.15) is 11.8 Å². The number of unbranched alkanes of at least 4 members (excludes halogenated alkanes) is 2. The molecule has 0 saturated heterocycles. The van der Waals surface area contributed by atoms with Gasteiger partial charge >= 0.3 is 5.97 Å². The number of aliphatic carboxylic acids is 1. The molecule has 1 N–H and O–H groups in total. The Morgan fingerprint density at radius 3 is 2.48 bits per heavy atom. The summed E-state index contributed by atoms with van der Waals surface area (Å²) in [6, 6.07) is 10.3. The van der Waals surface area contributed by atoms with Crippen molar-refractivity contribution < 1.29 is 14.7 Å². The summed E-state index contributed by atoms with van der Waals surface area (Å²) in [5, 5.41) is 8.62. The first-order chi connectivity index (χ1) is 11.1. The lowest BCUT2D eigenvalue weighted by Crippen LogP contribution is -2.33. The van der Waals surface area contributed by atoms with E-state index < -0.39 is 5.97 Å². The second-order valence-corrected chi connectivity index (χ2v) is 6.58. The van der Waals surface area contributed by atoms with Crippen LogP contribution in [0.2, 0.25) is 0 Å². The van der Waals surface area contributed by atoms with E-state index >= 15 is 0 Å². The van der Waals surface area contributed by atoms with Crippen LogP contribution in [-0.4, -0.2) is 40.7 Å². The van der Waals surface area contributed by atoms with Crippen molar-refractivity contribution in [1.29, 1.82) is 0 Å². The van der Waals surface area contributed by atoms with E-state index in [1.54, 1.807) is 0 Å². The summed E-state index contributed by atoms with van der Waals surface area (Å²) >= 11 is 1.84. The molecular weight excluding hydrogens is 310 g/mol. The fourth-order valence-electron chi connectivity index (χ4n) is 2.28. The number of benzene rings is 1. The van der Waals surface area contributed by atoms with Crippen molar-refractivity contribution >= 4 is 23.6 Å². The summed E-state index contributed by atoms with van der Waals surface area (Å²) < 4.78 is 0. The van der Waals surface area contributed by atoms with Crippen LogP contribution >= 0.6 is 11.8 Å². The predicted molar refractivity (Wildman–Crippen MR) is 95.6 cm³/mol. The molecule has 23 heavy (non-hydrogen) atoms. The monoisotopic (exact) mass is 337 g/mol. The molecule has 0 aliphatic rings. The molecule has 0 unspecified atom stereocenters. The third-order valence-electron chi connectivity index (χ3n) is 3.59. The molecule has 0 spiro atoms. The number of nitrogens with zero attached hydrogens (tertiary/aromatic N) is 1.